The van der Waals surface area contributed by atoms with E-state index in [4.69, 9.17) is 10.7 Å². The molecule has 0 saturated heterocycles. The third kappa shape index (κ3) is 2.13. The molecule has 0 spiro atoms. The fraction of sp³-hybridized carbons (Fsp3) is 0. The third-order valence-electron chi connectivity index (χ3n) is 1.66. The molecule has 0 aliphatic rings. The van der Waals surface area contributed by atoms with Crippen LogP contribution in [-0.4, -0.2) is 28.4 Å². The number of pyridine rings is 1. The Bertz CT molecular complexity index is 549. The molecule has 6 nitrogen and oxygen atoms in total. The van der Waals surface area contributed by atoms with Gasteiger partial charge in [0.25, 0.3) is 9.05 Å². The van der Waals surface area contributed by atoms with Crippen LogP contribution < -0.4 is 0 Å². The van der Waals surface area contributed by atoms with Crippen LogP contribution >= 0.6 is 10.7 Å². The Balaban J connectivity index is 2.42. The van der Waals surface area contributed by atoms with Crippen molar-refractivity contribution in [3.05, 3.63) is 30.7 Å². The van der Waals surface area contributed by atoms with E-state index >= 15 is 0 Å². The van der Waals surface area contributed by atoms with Gasteiger partial charge < -0.3 is 0 Å². The van der Waals surface area contributed by atoms with Crippen molar-refractivity contribution in [2.24, 2.45) is 0 Å². The molecule has 0 unspecified atom stereocenters. The molecule has 0 bridgehead atoms. The van der Waals surface area contributed by atoms with Crippen molar-refractivity contribution in [1.82, 2.24) is 20.0 Å². The lowest BCUT2D eigenvalue weighted by atomic mass is 10.5. The maximum atomic E-state index is 10.9. The van der Waals surface area contributed by atoms with Crippen molar-refractivity contribution in [3.63, 3.8) is 0 Å². The van der Waals surface area contributed by atoms with Gasteiger partial charge in [0.05, 0.1) is 12.4 Å². The highest BCUT2D eigenvalue weighted by atomic mass is 35.7. The fourth-order valence-corrected chi connectivity index (χ4v) is 1.67. The zero-order valence-electron chi connectivity index (χ0n) is 7.28. The molecule has 2 aromatic heterocycles. The first-order valence-corrected chi connectivity index (χ1v) is 6.16. The van der Waals surface area contributed by atoms with Gasteiger partial charge in [-0.25, -0.2) is 18.1 Å². The molecule has 0 N–H and O–H groups in total. The average Bonchev–Trinajstić information content (AvgIpc) is 2.69. The van der Waals surface area contributed by atoms with Crippen LogP contribution in [0.25, 0.3) is 5.82 Å². The van der Waals surface area contributed by atoms with Gasteiger partial charge in [0.1, 0.15) is 4.90 Å². The van der Waals surface area contributed by atoms with E-state index in [2.05, 4.69) is 15.3 Å². The number of halogens is 1. The van der Waals surface area contributed by atoms with E-state index < -0.39 is 9.05 Å². The third-order valence-corrected chi connectivity index (χ3v) is 3.00. The van der Waals surface area contributed by atoms with E-state index in [1.54, 1.807) is 6.20 Å². The van der Waals surface area contributed by atoms with Gasteiger partial charge in [-0.2, -0.15) is 0 Å². The molecule has 0 aliphatic heterocycles. The molecule has 0 amide bonds. The lowest BCUT2D eigenvalue weighted by Gasteiger charge is -1.99. The molecule has 15 heavy (non-hydrogen) atoms. The molecule has 0 aliphatic carbocycles. The summed E-state index contributed by atoms with van der Waals surface area (Å²) in [6.07, 6.45) is 4.25. The van der Waals surface area contributed by atoms with Gasteiger partial charge in [0.2, 0.25) is 0 Å². The van der Waals surface area contributed by atoms with Gasteiger partial charge in [0, 0.05) is 16.9 Å². The summed E-state index contributed by atoms with van der Waals surface area (Å²) < 4.78 is 23.3. The quantitative estimate of drug-likeness (QED) is 0.723. The van der Waals surface area contributed by atoms with E-state index in [1.165, 1.54) is 29.2 Å². The molecule has 0 saturated carbocycles. The molecule has 8 heteroatoms. The standard InChI is InChI=1S/C7H5ClN4O2S/c8-15(13,14)6-1-2-7(9-5-6)12-4-3-10-11-12/h1-5H. The van der Waals surface area contributed by atoms with Crippen LogP contribution in [-0.2, 0) is 9.05 Å². The predicted molar refractivity (Wildman–Crippen MR) is 52.2 cm³/mol. The zero-order chi connectivity index (χ0) is 10.9. The number of aromatic nitrogens is 4. The second-order valence-electron chi connectivity index (χ2n) is 2.64. The number of rotatable bonds is 2. The maximum absolute atomic E-state index is 10.9. The van der Waals surface area contributed by atoms with Crippen LogP contribution in [0, 0.1) is 0 Å². The van der Waals surface area contributed by atoms with Gasteiger partial charge >= 0.3 is 0 Å². The molecule has 0 aromatic carbocycles. The molecule has 2 heterocycles. The van der Waals surface area contributed by atoms with E-state index in [9.17, 15) is 8.42 Å². The monoisotopic (exact) mass is 244 g/mol. The van der Waals surface area contributed by atoms with E-state index in [0.717, 1.165) is 0 Å². The van der Waals surface area contributed by atoms with Gasteiger partial charge in [-0.1, -0.05) is 5.21 Å². The summed E-state index contributed by atoms with van der Waals surface area (Å²) in [6, 6.07) is 2.84. The largest absolute Gasteiger partial charge is 0.262 e. The molecule has 2 aromatic rings. The van der Waals surface area contributed by atoms with Crippen LogP contribution in [0.3, 0.4) is 0 Å². The van der Waals surface area contributed by atoms with E-state index in [-0.39, 0.29) is 4.90 Å². The summed E-state index contributed by atoms with van der Waals surface area (Å²) >= 11 is 0. The minimum absolute atomic E-state index is 0.0481. The van der Waals surface area contributed by atoms with Crippen LogP contribution in [0.15, 0.2) is 35.6 Å². The predicted octanol–water partition coefficient (Wildman–Crippen LogP) is 0.590. The summed E-state index contributed by atoms with van der Waals surface area (Å²) in [6.45, 7) is 0. The second kappa shape index (κ2) is 3.59. The number of hydrogen-bond acceptors (Lipinski definition) is 5. The van der Waals surface area contributed by atoms with Crippen LogP contribution in [0.5, 0.6) is 0 Å². The first kappa shape index (κ1) is 10.1. The van der Waals surface area contributed by atoms with Crippen LogP contribution in [0.2, 0.25) is 0 Å². The summed E-state index contributed by atoms with van der Waals surface area (Å²) in [5.74, 6) is 0.469. The van der Waals surface area contributed by atoms with Gasteiger partial charge in [-0.05, 0) is 12.1 Å². The highest BCUT2D eigenvalue weighted by Gasteiger charge is 2.10. The lowest BCUT2D eigenvalue weighted by Crippen LogP contribution is -2.00. The molecular formula is C7H5ClN4O2S. The zero-order valence-corrected chi connectivity index (χ0v) is 8.85. The highest BCUT2D eigenvalue weighted by molar-refractivity contribution is 8.13. The summed E-state index contributed by atoms with van der Waals surface area (Å²) in [5.41, 5.74) is 0. The van der Waals surface area contributed by atoms with Crippen molar-refractivity contribution >= 4 is 19.7 Å². The summed E-state index contributed by atoms with van der Waals surface area (Å²) in [5, 5.41) is 7.30. The molecule has 0 atom stereocenters. The van der Waals surface area contributed by atoms with Crippen LogP contribution in [0.4, 0.5) is 0 Å². The molecule has 2 rings (SSSR count). The van der Waals surface area contributed by atoms with Gasteiger partial charge in [-0.3, -0.25) is 0 Å². The average molecular weight is 245 g/mol. The Morgan fingerprint density at radius 3 is 2.60 bits per heavy atom. The molecule has 78 valence electrons. The Hall–Kier alpha value is -1.47. The Morgan fingerprint density at radius 2 is 2.13 bits per heavy atom. The van der Waals surface area contributed by atoms with Crippen molar-refractivity contribution in [2.75, 3.05) is 0 Å². The van der Waals surface area contributed by atoms with Crippen molar-refractivity contribution in [1.29, 1.82) is 0 Å². The van der Waals surface area contributed by atoms with Crippen molar-refractivity contribution < 1.29 is 8.42 Å². The van der Waals surface area contributed by atoms with Gasteiger partial charge in [-0.15, -0.1) is 5.10 Å². The molecular weight excluding hydrogens is 240 g/mol. The summed E-state index contributed by atoms with van der Waals surface area (Å²) in [7, 11) is 1.41. The minimum atomic E-state index is -3.72. The van der Waals surface area contributed by atoms with Crippen molar-refractivity contribution in [2.45, 2.75) is 4.90 Å². The van der Waals surface area contributed by atoms with Crippen LogP contribution in [0.1, 0.15) is 0 Å². The Labute approximate surface area is 89.9 Å². The lowest BCUT2D eigenvalue weighted by molar-refractivity contribution is 0.609. The summed E-state index contributed by atoms with van der Waals surface area (Å²) in [4.78, 5) is 3.84. The first-order chi connectivity index (χ1) is 7.07. The second-order valence-corrected chi connectivity index (χ2v) is 5.20. The maximum Gasteiger partial charge on any atom is 0.262 e. The fourth-order valence-electron chi connectivity index (χ4n) is 0.983. The van der Waals surface area contributed by atoms with E-state index in [1.807, 2.05) is 0 Å². The molecule has 0 radical (unpaired) electrons. The first-order valence-electron chi connectivity index (χ1n) is 3.85. The highest BCUT2D eigenvalue weighted by Crippen LogP contribution is 2.14. The normalized spacial score (nSPS) is 11.5. The Morgan fingerprint density at radius 1 is 1.33 bits per heavy atom. The van der Waals surface area contributed by atoms with Gasteiger partial charge in [0.15, 0.2) is 5.82 Å². The van der Waals surface area contributed by atoms with E-state index in [0.29, 0.717) is 5.82 Å². The van der Waals surface area contributed by atoms with Crippen molar-refractivity contribution in [3.8, 4) is 5.82 Å². The number of nitrogens with zero attached hydrogens (tertiary/aromatic N) is 4. The topological polar surface area (TPSA) is 77.7 Å². The molecule has 0 fully saturated rings. The Kier molecular flexibility index (Phi) is 2.41. The number of hydrogen-bond donors (Lipinski definition) is 0. The minimum Gasteiger partial charge on any atom is -0.236 e. The smallest absolute Gasteiger partial charge is 0.236 e. The SMILES string of the molecule is O=S(=O)(Cl)c1ccc(-n2ccnn2)nc1.